The van der Waals surface area contributed by atoms with Gasteiger partial charge in [-0.3, -0.25) is 4.98 Å². The lowest BCUT2D eigenvalue weighted by Gasteiger charge is -2.13. The van der Waals surface area contributed by atoms with Crippen molar-refractivity contribution in [3.63, 3.8) is 0 Å². The number of benzene rings is 1. The molecule has 0 amide bonds. The second-order valence-corrected chi connectivity index (χ2v) is 4.41. The minimum atomic E-state index is -0.948. The molecule has 1 aromatic carbocycles. The van der Waals surface area contributed by atoms with Gasteiger partial charge in [0.1, 0.15) is 0 Å². The highest BCUT2D eigenvalue weighted by atomic mass is 16.4. The van der Waals surface area contributed by atoms with Gasteiger partial charge in [-0.1, -0.05) is 12.1 Å². The van der Waals surface area contributed by atoms with E-state index in [2.05, 4.69) is 18.8 Å². The van der Waals surface area contributed by atoms with Crippen LogP contribution in [0.4, 0.5) is 0 Å². The Morgan fingerprint density at radius 1 is 1.06 bits per heavy atom. The summed E-state index contributed by atoms with van der Waals surface area (Å²) in [7, 11) is 0. The van der Waals surface area contributed by atoms with Gasteiger partial charge < -0.3 is 5.11 Å². The highest BCUT2D eigenvalue weighted by Gasteiger charge is 2.14. The summed E-state index contributed by atoms with van der Waals surface area (Å²) in [6.45, 7) is 6.12. The van der Waals surface area contributed by atoms with Gasteiger partial charge in [-0.05, 0) is 54.7 Å². The first kappa shape index (κ1) is 12.3. The average molecular weight is 241 g/mol. The maximum absolute atomic E-state index is 11.2. The molecule has 0 aliphatic carbocycles. The quantitative estimate of drug-likeness (QED) is 0.876. The fourth-order valence-electron chi connectivity index (χ4n) is 2.05. The monoisotopic (exact) mass is 241 g/mol. The SMILES string of the molecule is Cc1ccc(-c2ccncc2C(=O)O)c(C)c1C. The van der Waals surface area contributed by atoms with Gasteiger partial charge >= 0.3 is 5.97 Å². The van der Waals surface area contributed by atoms with E-state index >= 15 is 0 Å². The molecule has 0 spiro atoms. The van der Waals surface area contributed by atoms with E-state index in [-0.39, 0.29) is 5.56 Å². The van der Waals surface area contributed by atoms with E-state index in [4.69, 9.17) is 0 Å². The second kappa shape index (κ2) is 4.61. The summed E-state index contributed by atoms with van der Waals surface area (Å²) < 4.78 is 0. The Bertz CT molecular complexity index is 618. The summed E-state index contributed by atoms with van der Waals surface area (Å²) in [4.78, 5) is 15.1. The van der Waals surface area contributed by atoms with Crippen LogP contribution in [-0.4, -0.2) is 16.1 Å². The third kappa shape index (κ3) is 1.99. The molecule has 1 aromatic heterocycles. The molecule has 3 nitrogen and oxygen atoms in total. The van der Waals surface area contributed by atoms with Crippen molar-refractivity contribution in [3.8, 4) is 11.1 Å². The van der Waals surface area contributed by atoms with E-state index in [9.17, 15) is 9.90 Å². The molecule has 2 aromatic rings. The minimum Gasteiger partial charge on any atom is -0.478 e. The molecule has 0 fully saturated rings. The van der Waals surface area contributed by atoms with Gasteiger partial charge in [-0.25, -0.2) is 4.79 Å². The third-order valence-corrected chi connectivity index (χ3v) is 3.40. The number of hydrogen-bond acceptors (Lipinski definition) is 2. The molecule has 1 heterocycles. The molecule has 2 rings (SSSR count). The summed E-state index contributed by atoms with van der Waals surface area (Å²) >= 11 is 0. The number of carbonyl (C=O) groups is 1. The standard InChI is InChI=1S/C15H15NO2/c1-9-4-5-12(11(3)10(9)2)13-6-7-16-8-14(13)15(17)18/h4-8H,1-3H3,(H,17,18). The number of aryl methyl sites for hydroxylation is 1. The van der Waals surface area contributed by atoms with Crippen molar-refractivity contribution in [2.75, 3.05) is 0 Å². The van der Waals surface area contributed by atoms with Gasteiger partial charge in [0.2, 0.25) is 0 Å². The molecule has 0 saturated heterocycles. The molecular formula is C15H15NO2. The van der Waals surface area contributed by atoms with Crippen LogP contribution in [0.15, 0.2) is 30.6 Å². The molecule has 0 unspecified atom stereocenters. The molecule has 3 heteroatoms. The second-order valence-electron chi connectivity index (χ2n) is 4.41. The Balaban J connectivity index is 2.70. The van der Waals surface area contributed by atoms with E-state index in [1.54, 1.807) is 12.3 Å². The first-order chi connectivity index (χ1) is 8.52. The highest BCUT2D eigenvalue weighted by Crippen LogP contribution is 2.29. The molecule has 0 saturated carbocycles. The van der Waals surface area contributed by atoms with Crippen molar-refractivity contribution < 1.29 is 9.90 Å². The van der Waals surface area contributed by atoms with Crippen molar-refractivity contribution in [1.29, 1.82) is 0 Å². The van der Waals surface area contributed by atoms with Gasteiger partial charge in [0, 0.05) is 12.4 Å². The molecule has 0 bridgehead atoms. The summed E-state index contributed by atoms with van der Waals surface area (Å²) in [5, 5.41) is 9.20. The molecule has 0 aliphatic rings. The van der Waals surface area contributed by atoms with Gasteiger partial charge in [-0.15, -0.1) is 0 Å². The summed E-state index contributed by atoms with van der Waals surface area (Å²) in [5.74, 6) is -0.948. The molecule has 0 atom stereocenters. The van der Waals surface area contributed by atoms with Crippen LogP contribution >= 0.6 is 0 Å². The van der Waals surface area contributed by atoms with Crippen LogP contribution in [0.2, 0.25) is 0 Å². The Hall–Kier alpha value is -2.16. The van der Waals surface area contributed by atoms with Crippen LogP contribution in [0.25, 0.3) is 11.1 Å². The topological polar surface area (TPSA) is 50.2 Å². The van der Waals surface area contributed by atoms with E-state index in [1.807, 2.05) is 19.1 Å². The number of rotatable bonds is 2. The number of aromatic carboxylic acids is 1. The summed E-state index contributed by atoms with van der Waals surface area (Å²) in [6, 6.07) is 5.74. The predicted octanol–water partition coefficient (Wildman–Crippen LogP) is 3.37. The molecule has 0 radical (unpaired) electrons. The Kier molecular flexibility index (Phi) is 3.15. The van der Waals surface area contributed by atoms with Crippen LogP contribution in [0.3, 0.4) is 0 Å². The largest absolute Gasteiger partial charge is 0.478 e. The molecule has 92 valence electrons. The van der Waals surface area contributed by atoms with E-state index < -0.39 is 5.97 Å². The van der Waals surface area contributed by atoms with Crippen LogP contribution in [-0.2, 0) is 0 Å². The molecule has 18 heavy (non-hydrogen) atoms. The lowest BCUT2D eigenvalue weighted by atomic mass is 9.92. The highest BCUT2D eigenvalue weighted by molar-refractivity contribution is 5.96. The number of hydrogen-bond donors (Lipinski definition) is 1. The van der Waals surface area contributed by atoms with Gasteiger partial charge in [-0.2, -0.15) is 0 Å². The van der Waals surface area contributed by atoms with Crippen LogP contribution < -0.4 is 0 Å². The average Bonchev–Trinajstić information content (AvgIpc) is 2.36. The first-order valence-corrected chi connectivity index (χ1v) is 5.77. The Morgan fingerprint density at radius 3 is 2.44 bits per heavy atom. The smallest absolute Gasteiger partial charge is 0.337 e. The fraction of sp³-hybridized carbons (Fsp3) is 0.200. The third-order valence-electron chi connectivity index (χ3n) is 3.40. The number of aromatic nitrogens is 1. The van der Waals surface area contributed by atoms with Crippen molar-refractivity contribution in [1.82, 2.24) is 4.98 Å². The zero-order valence-corrected chi connectivity index (χ0v) is 10.7. The number of carboxylic acid groups (broad SMARTS) is 1. The zero-order chi connectivity index (χ0) is 13.3. The molecular weight excluding hydrogens is 226 g/mol. The van der Waals surface area contributed by atoms with Crippen molar-refractivity contribution in [2.24, 2.45) is 0 Å². The van der Waals surface area contributed by atoms with Gasteiger partial charge in [0.05, 0.1) is 5.56 Å². The summed E-state index contributed by atoms with van der Waals surface area (Å²) in [6.07, 6.45) is 3.02. The van der Waals surface area contributed by atoms with E-state index in [0.29, 0.717) is 0 Å². The normalized spacial score (nSPS) is 10.4. The van der Waals surface area contributed by atoms with Gasteiger partial charge in [0.15, 0.2) is 0 Å². The molecule has 0 aliphatic heterocycles. The fourth-order valence-corrected chi connectivity index (χ4v) is 2.05. The van der Waals surface area contributed by atoms with Crippen LogP contribution in [0, 0.1) is 20.8 Å². The Labute approximate surface area is 106 Å². The van der Waals surface area contributed by atoms with Crippen molar-refractivity contribution in [2.45, 2.75) is 20.8 Å². The predicted molar refractivity (Wildman–Crippen MR) is 70.8 cm³/mol. The minimum absolute atomic E-state index is 0.240. The lowest BCUT2D eigenvalue weighted by Crippen LogP contribution is -2.01. The number of carboxylic acids is 1. The van der Waals surface area contributed by atoms with Crippen LogP contribution in [0.5, 0.6) is 0 Å². The van der Waals surface area contributed by atoms with E-state index in [1.165, 1.54) is 17.3 Å². The van der Waals surface area contributed by atoms with Crippen LogP contribution in [0.1, 0.15) is 27.0 Å². The van der Waals surface area contributed by atoms with Crippen molar-refractivity contribution in [3.05, 3.63) is 52.8 Å². The molecule has 1 N–H and O–H groups in total. The lowest BCUT2D eigenvalue weighted by molar-refractivity contribution is 0.0697. The summed E-state index contributed by atoms with van der Waals surface area (Å²) in [5.41, 5.74) is 5.44. The first-order valence-electron chi connectivity index (χ1n) is 5.77. The van der Waals surface area contributed by atoms with Crippen molar-refractivity contribution >= 4 is 5.97 Å². The maximum atomic E-state index is 11.2. The maximum Gasteiger partial charge on any atom is 0.337 e. The van der Waals surface area contributed by atoms with Gasteiger partial charge in [0.25, 0.3) is 0 Å². The van der Waals surface area contributed by atoms with E-state index in [0.717, 1.165) is 16.7 Å². The number of nitrogens with zero attached hydrogens (tertiary/aromatic N) is 1. The Morgan fingerprint density at radius 2 is 1.78 bits per heavy atom. The zero-order valence-electron chi connectivity index (χ0n) is 10.7. The number of pyridine rings is 1.